The highest BCUT2D eigenvalue weighted by Gasteiger charge is 2.39. The Hall–Kier alpha value is -1.85. The molecule has 146 valence electrons. The number of aryl methyl sites for hydroxylation is 2. The predicted octanol–water partition coefficient (Wildman–Crippen LogP) is 2.78. The van der Waals surface area contributed by atoms with Crippen LogP contribution in [-0.4, -0.2) is 40.2 Å². The molecule has 1 atom stereocenters. The van der Waals surface area contributed by atoms with Crippen LogP contribution in [0.1, 0.15) is 48.4 Å². The van der Waals surface area contributed by atoms with Crippen LogP contribution in [0.3, 0.4) is 0 Å². The van der Waals surface area contributed by atoms with Crippen LogP contribution >= 0.6 is 12.4 Å². The minimum Gasteiger partial charge on any atom is -0.342 e. The van der Waals surface area contributed by atoms with Crippen molar-refractivity contribution in [2.75, 3.05) is 19.6 Å². The Morgan fingerprint density at radius 2 is 1.96 bits per heavy atom. The van der Waals surface area contributed by atoms with E-state index in [1.54, 1.807) is 0 Å². The maximum absolute atomic E-state index is 13.2. The van der Waals surface area contributed by atoms with E-state index in [2.05, 4.69) is 34.3 Å². The van der Waals surface area contributed by atoms with E-state index >= 15 is 0 Å². The van der Waals surface area contributed by atoms with E-state index in [0.29, 0.717) is 6.54 Å². The summed E-state index contributed by atoms with van der Waals surface area (Å²) in [6.07, 6.45) is 6.89. The number of likely N-dealkylation sites (tertiary alicyclic amines) is 1. The van der Waals surface area contributed by atoms with Crippen LogP contribution in [0.25, 0.3) is 0 Å². The van der Waals surface area contributed by atoms with Gasteiger partial charge in [-0.05, 0) is 37.7 Å². The first kappa shape index (κ1) is 19.9. The molecule has 1 aromatic heterocycles. The fraction of sp³-hybridized carbons (Fsp3) is 0.524. The molecule has 5 nitrogen and oxygen atoms in total. The lowest BCUT2D eigenvalue weighted by Crippen LogP contribution is -2.49. The summed E-state index contributed by atoms with van der Waals surface area (Å²) < 4.78 is 1.85. The van der Waals surface area contributed by atoms with E-state index in [1.165, 1.54) is 5.56 Å². The Morgan fingerprint density at radius 3 is 2.63 bits per heavy atom. The molecule has 0 saturated carbocycles. The lowest BCUT2D eigenvalue weighted by molar-refractivity contribution is -0.134. The number of piperidine rings is 1. The highest BCUT2D eigenvalue weighted by atomic mass is 35.5. The molecule has 2 heterocycles. The monoisotopic (exact) mass is 388 g/mol. The van der Waals surface area contributed by atoms with Gasteiger partial charge in [0, 0.05) is 43.9 Å². The van der Waals surface area contributed by atoms with Gasteiger partial charge in [-0.25, -0.2) is 0 Å². The molecule has 0 radical (unpaired) electrons. The number of benzene rings is 1. The fourth-order valence-corrected chi connectivity index (χ4v) is 4.70. The maximum Gasteiger partial charge on any atom is 0.230 e. The van der Waals surface area contributed by atoms with Crippen LogP contribution in [-0.2, 0) is 23.7 Å². The van der Waals surface area contributed by atoms with Crippen molar-refractivity contribution in [3.8, 4) is 0 Å². The number of hydrogen-bond acceptors (Lipinski definition) is 3. The van der Waals surface area contributed by atoms with Gasteiger partial charge in [0.1, 0.15) is 0 Å². The lowest BCUT2D eigenvalue weighted by atomic mass is 9.72. The van der Waals surface area contributed by atoms with Crippen LogP contribution in [0.2, 0.25) is 0 Å². The van der Waals surface area contributed by atoms with Gasteiger partial charge in [-0.15, -0.1) is 12.4 Å². The van der Waals surface area contributed by atoms with Gasteiger partial charge in [0.15, 0.2) is 0 Å². The van der Waals surface area contributed by atoms with Gasteiger partial charge in [0.05, 0.1) is 11.6 Å². The molecule has 2 N–H and O–H groups in total. The summed E-state index contributed by atoms with van der Waals surface area (Å²) in [5.74, 6) is 0.257. The molecule has 1 amide bonds. The molecule has 1 fully saturated rings. The summed E-state index contributed by atoms with van der Waals surface area (Å²) in [5, 5.41) is 4.53. The molecule has 1 aromatic carbocycles. The number of carbonyl (C=O) groups is 1. The molecule has 1 aliphatic carbocycles. The zero-order valence-electron chi connectivity index (χ0n) is 15.9. The van der Waals surface area contributed by atoms with Crippen LogP contribution in [0.5, 0.6) is 0 Å². The highest BCUT2D eigenvalue weighted by molar-refractivity contribution is 5.85. The van der Waals surface area contributed by atoms with Gasteiger partial charge in [-0.3, -0.25) is 9.48 Å². The van der Waals surface area contributed by atoms with Gasteiger partial charge in [-0.1, -0.05) is 30.3 Å². The molecule has 4 rings (SSSR count). The lowest BCUT2D eigenvalue weighted by Gasteiger charge is -2.42. The van der Waals surface area contributed by atoms with Crippen molar-refractivity contribution in [2.24, 2.45) is 12.8 Å². The molecule has 0 spiro atoms. The van der Waals surface area contributed by atoms with Crippen LogP contribution in [0.15, 0.2) is 36.5 Å². The van der Waals surface area contributed by atoms with Gasteiger partial charge in [-0.2, -0.15) is 5.10 Å². The second kappa shape index (κ2) is 8.03. The fourth-order valence-electron chi connectivity index (χ4n) is 4.70. The summed E-state index contributed by atoms with van der Waals surface area (Å²) >= 11 is 0. The standard InChI is InChI=1S/C21H28N4O.ClH/c1-24-14-18-17(8-5-9-19(18)23-24)20(26)25-12-10-21(15-22,11-13-25)16-6-3-2-4-7-16;/h2-4,6-7,14,17H,5,8-13,15,22H2,1H3;1H. The Balaban J connectivity index is 0.00000210. The van der Waals surface area contributed by atoms with Gasteiger partial charge in [0.25, 0.3) is 0 Å². The average Bonchev–Trinajstić information content (AvgIpc) is 3.08. The Morgan fingerprint density at radius 1 is 1.26 bits per heavy atom. The van der Waals surface area contributed by atoms with Crippen molar-refractivity contribution in [3.05, 3.63) is 53.3 Å². The normalized spacial score (nSPS) is 21.3. The van der Waals surface area contributed by atoms with E-state index in [0.717, 1.165) is 56.5 Å². The second-order valence-electron chi connectivity index (χ2n) is 7.83. The number of nitrogens with two attached hydrogens (primary N) is 1. The Labute approximate surface area is 167 Å². The van der Waals surface area contributed by atoms with Gasteiger partial charge in [0.2, 0.25) is 5.91 Å². The third-order valence-corrected chi connectivity index (χ3v) is 6.33. The molecule has 1 saturated heterocycles. The number of amides is 1. The van der Waals surface area contributed by atoms with E-state index in [9.17, 15) is 4.79 Å². The maximum atomic E-state index is 13.2. The number of rotatable bonds is 3. The molecular formula is C21H29ClN4O. The van der Waals surface area contributed by atoms with E-state index in [4.69, 9.17) is 5.73 Å². The summed E-state index contributed by atoms with van der Waals surface area (Å²) in [6.45, 7) is 2.21. The van der Waals surface area contributed by atoms with E-state index in [1.807, 2.05) is 24.0 Å². The van der Waals surface area contributed by atoms with Crippen LogP contribution < -0.4 is 5.73 Å². The summed E-state index contributed by atoms with van der Waals surface area (Å²) in [6, 6.07) is 10.5. The number of carbonyl (C=O) groups excluding carboxylic acids is 1. The number of fused-ring (bicyclic) bond motifs is 1. The van der Waals surface area contributed by atoms with Crippen molar-refractivity contribution < 1.29 is 4.79 Å². The van der Waals surface area contributed by atoms with Crippen molar-refractivity contribution in [1.29, 1.82) is 0 Å². The number of hydrogen-bond donors (Lipinski definition) is 1. The Kier molecular flexibility index (Phi) is 5.92. The molecule has 6 heteroatoms. The molecule has 1 unspecified atom stereocenters. The second-order valence-corrected chi connectivity index (χ2v) is 7.83. The van der Waals surface area contributed by atoms with Crippen molar-refractivity contribution in [2.45, 2.75) is 43.4 Å². The van der Waals surface area contributed by atoms with Crippen molar-refractivity contribution in [1.82, 2.24) is 14.7 Å². The first-order chi connectivity index (χ1) is 12.6. The van der Waals surface area contributed by atoms with Crippen LogP contribution in [0, 0.1) is 0 Å². The Bertz CT molecular complexity index is 781. The van der Waals surface area contributed by atoms with E-state index in [-0.39, 0.29) is 29.6 Å². The molecule has 0 bridgehead atoms. The first-order valence-corrected chi connectivity index (χ1v) is 9.70. The minimum atomic E-state index is -0.0189. The summed E-state index contributed by atoms with van der Waals surface area (Å²) in [7, 11) is 1.94. The molecular weight excluding hydrogens is 360 g/mol. The molecule has 2 aromatic rings. The average molecular weight is 389 g/mol. The number of halogens is 1. The van der Waals surface area contributed by atoms with Gasteiger partial charge >= 0.3 is 0 Å². The third-order valence-electron chi connectivity index (χ3n) is 6.33. The third kappa shape index (κ3) is 3.63. The smallest absolute Gasteiger partial charge is 0.230 e. The largest absolute Gasteiger partial charge is 0.342 e. The zero-order chi connectivity index (χ0) is 18.1. The number of nitrogens with zero attached hydrogens (tertiary/aromatic N) is 3. The minimum absolute atomic E-state index is 0. The molecule has 27 heavy (non-hydrogen) atoms. The molecule has 2 aliphatic rings. The van der Waals surface area contributed by atoms with Crippen molar-refractivity contribution in [3.63, 3.8) is 0 Å². The van der Waals surface area contributed by atoms with E-state index < -0.39 is 0 Å². The highest BCUT2D eigenvalue weighted by Crippen LogP contribution is 2.37. The zero-order valence-corrected chi connectivity index (χ0v) is 16.8. The van der Waals surface area contributed by atoms with Crippen molar-refractivity contribution >= 4 is 18.3 Å². The molecule has 1 aliphatic heterocycles. The van der Waals surface area contributed by atoms with Crippen LogP contribution in [0.4, 0.5) is 0 Å². The quantitative estimate of drug-likeness (QED) is 0.879. The number of aromatic nitrogens is 2. The SMILES string of the molecule is Cl.Cn1cc2c(n1)CCCC2C(=O)N1CCC(CN)(c2ccccc2)CC1. The summed E-state index contributed by atoms with van der Waals surface area (Å²) in [5.41, 5.74) is 9.74. The first-order valence-electron chi connectivity index (χ1n) is 9.70. The predicted molar refractivity (Wildman–Crippen MR) is 109 cm³/mol. The topological polar surface area (TPSA) is 64.2 Å². The van der Waals surface area contributed by atoms with Gasteiger partial charge < -0.3 is 10.6 Å². The summed E-state index contributed by atoms with van der Waals surface area (Å²) in [4.78, 5) is 15.3.